The molecule has 1 atom stereocenters. The van der Waals surface area contributed by atoms with Crippen molar-refractivity contribution in [2.24, 2.45) is 11.8 Å². The first-order valence-electron chi connectivity index (χ1n) is 8.37. The highest BCUT2D eigenvalue weighted by molar-refractivity contribution is 5.94. The Labute approximate surface area is 139 Å². The summed E-state index contributed by atoms with van der Waals surface area (Å²) in [5.74, 6) is 1.86. The first-order chi connectivity index (χ1) is 10.3. The Morgan fingerprint density at radius 3 is 2.36 bits per heavy atom. The van der Waals surface area contributed by atoms with Crippen LogP contribution in [0.2, 0.25) is 0 Å². The highest BCUT2D eigenvalue weighted by atomic mass is 35.5. The first kappa shape index (κ1) is 17.3. The van der Waals surface area contributed by atoms with E-state index in [1.165, 1.54) is 37.9 Å². The van der Waals surface area contributed by atoms with Crippen molar-refractivity contribution < 1.29 is 4.79 Å². The van der Waals surface area contributed by atoms with E-state index in [1.807, 2.05) is 17.0 Å². The molecule has 1 aromatic rings. The molecular formula is C18H27ClN2O. The molecule has 22 heavy (non-hydrogen) atoms. The van der Waals surface area contributed by atoms with Gasteiger partial charge in [-0.15, -0.1) is 12.4 Å². The van der Waals surface area contributed by atoms with E-state index in [-0.39, 0.29) is 18.3 Å². The van der Waals surface area contributed by atoms with Crippen LogP contribution in [0.25, 0.3) is 0 Å². The van der Waals surface area contributed by atoms with Crippen molar-refractivity contribution in [1.82, 2.24) is 10.2 Å². The molecule has 0 aliphatic carbocycles. The van der Waals surface area contributed by atoms with Gasteiger partial charge in [0.15, 0.2) is 0 Å². The molecule has 0 aromatic heterocycles. The van der Waals surface area contributed by atoms with Gasteiger partial charge in [-0.1, -0.05) is 19.1 Å². The van der Waals surface area contributed by atoms with Crippen molar-refractivity contribution in [1.29, 1.82) is 0 Å². The summed E-state index contributed by atoms with van der Waals surface area (Å²) in [7, 11) is 0. The van der Waals surface area contributed by atoms with Gasteiger partial charge in [0.1, 0.15) is 0 Å². The van der Waals surface area contributed by atoms with Gasteiger partial charge in [0.2, 0.25) is 0 Å². The van der Waals surface area contributed by atoms with Gasteiger partial charge in [-0.2, -0.15) is 0 Å². The second-order valence-corrected chi connectivity index (χ2v) is 6.43. The zero-order chi connectivity index (χ0) is 14.7. The van der Waals surface area contributed by atoms with Crippen molar-refractivity contribution in [2.45, 2.75) is 32.6 Å². The number of carbonyl (C=O) groups excluding carboxylic acids is 1. The lowest BCUT2D eigenvalue weighted by Gasteiger charge is -2.34. The number of hydrogen-bond acceptors (Lipinski definition) is 2. The predicted molar refractivity (Wildman–Crippen MR) is 92.7 cm³/mol. The summed E-state index contributed by atoms with van der Waals surface area (Å²) in [5.41, 5.74) is 2.13. The van der Waals surface area contributed by atoms with Gasteiger partial charge in [0.05, 0.1) is 0 Å². The summed E-state index contributed by atoms with van der Waals surface area (Å²) in [6.07, 6.45) is 4.68. The average molecular weight is 323 g/mol. The van der Waals surface area contributed by atoms with Crippen LogP contribution in [0, 0.1) is 11.8 Å². The number of carbonyl (C=O) groups is 1. The van der Waals surface area contributed by atoms with Gasteiger partial charge in [-0.25, -0.2) is 0 Å². The molecule has 0 radical (unpaired) electrons. The molecule has 2 fully saturated rings. The smallest absolute Gasteiger partial charge is 0.253 e. The van der Waals surface area contributed by atoms with E-state index in [2.05, 4.69) is 24.4 Å². The van der Waals surface area contributed by atoms with E-state index in [4.69, 9.17) is 0 Å². The average Bonchev–Trinajstić information content (AvgIpc) is 3.09. The SMILES string of the molecule is CCc1ccc(C(=O)N2CCC(C3CCNC3)CC2)cc1.Cl. The zero-order valence-electron chi connectivity index (χ0n) is 13.4. The summed E-state index contributed by atoms with van der Waals surface area (Å²) in [5, 5.41) is 3.46. The number of amides is 1. The number of benzene rings is 1. The van der Waals surface area contributed by atoms with Crippen molar-refractivity contribution in [3.05, 3.63) is 35.4 Å². The zero-order valence-corrected chi connectivity index (χ0v) is 14.2. The molecule has 2 aliphatic rings. The minimum Gasteiger partial charge on any atom is -0.339 e. The Bertz CT molecular complexity index is 474. The molecule has 2 heterocycles. The third-order valence-corrected chi connectivity index (χ3v) is 5.20. The van der Waals surface area contributed by atoms with Gasteiger partial charge in [0, 0.05) is 18.7 Å². The van der Waals surface area contributed by atoms with Crippen LogP contribution in [0.1, 0.15) is 42.1 Å². The van der Waals surface area contributed by atoms with E-state index in [0.29, 0.717) is 0 Å². The summed E-state index contributed by atoms with van der Waals surface area (Å²) in [6, 6.07) is 8.11. The van der Waals surface area contributed by atoms with E-state index in [0.717, 1.165) is 36.9 Å². The summed E-state index contributed by atoms with van der Waals surface area (Å²) in [4.78, 5) is 14.6. The van der Waals surface area contributed by atoms with E-state index < -0.39 is 0 Å². The van der Waals surface area contributed by atoms with E-state index in [1.54, 1.807) is 0 Å². The lowest BCUT2D eigenvalue weighted by atomic mass is 9.83. The Morgan fingerprint density at radius 1 is 1.14 bits per heavy atom. The Hall–Kier alpha value is -1.06. The molecule has 0 saturated carbocycles. The predicted octanol–water partition coefficient (Wildman–Crippen LogP) is 3.13. The van der Waals surface area contributed by atoms with Gasteiger partial charge >= 0.3 is 0 Å². The fraction of sp³-hybridized carbons (Fsp3) is 0.611. The van der Waals surface area contributed by atoms with Crippen molar-refractivity contribution in [3.63, 3.8) is 0 Å². The van der Waals surface area contributed by atoms with Crippen LogP contribution in [0.5, 0.6) is 0 Å². The van der Waals surface area contributed by atoms with Crippen LogP contribution in [0.4, 0.5) is 0 Å². The standard InChI is InChI=1S/C18H26N2O.ClH/c1-2-14-3-5-16(6-4-14)18(21)20-11-8-15(9-12-20)17-7-10-19-13-17;/h3-6,15,17,19H,2,7-13H2,1H3;1H. The van der Waals surface area contributed by atoms with Gasteiger partial charge < -0.3 is 10.2 Å². The molecule has 0 spiro atoms. The molecule has 1 unspecified atom stereocenters. The maximum atomic E-state index is 12.5. The topological polar surface area (TPSA) is 32.3 Å². The van der Waals surface area contributed by atoms with E-state index >= 15 is 0 Å². The minimum atomic E-state index is 0. The fourth-order valence-electron chi connectivity index (χ4n) is 3.72. The highest BCUT2D eigenvalue weighted by Gasteiger charge is 2.30. The number of rotatable bonds is 3. The number of nitrogens with zero attached hydrogens (tertiary/aromatic N) is 1. The maximum Gasteiger partial charge on any atom is 0.253 e. The number of nitrogens with one attached hydrogen (secondary N) is 1. The number of piperidine rings is 1. The van der Waals surface area contributed by atoms with Gasteiger partial charge in [-0.3, -0.25) is 4.79 Å². The van der Waals surface area contributed by atoms with Gasteiger partial charge in [-0.05, 0) is 68.3 Å². The normalized spacial score (nSPS) is 22.4. The van der Waals surface area contributed by atoms with Crippen LogP contribution in [0.3, 0.4) is 0 Å². The lowest BCUT2D eigenvalue weighted by Crippen LogP contribution is -2.40. The molecule has 3 rings (SSSR count). The lowest BCUT2D eigenvalue weighted by molar-refractivity contribution is 0.0663. The molecule has 0 bridgehead atoms. The number of halogens is 1. The number of hydrogen-bond donors (Lipinski definition) is 1. The third kappa shape index (κ3) is 3.82. The summed E-state index contributed by atoms with van der Waals surface area (Å²) >= 11 is 0. The number of aryl methyl sites for hydroxylation is 1. The van der Waals surface area contributed by atoms with Crippen LogP contribution in [-0.4, -0.2) is 37.0 Å². The molecule has 1 amide bonds. The molecular weight excluding hydrogens is 296 g/mol. The molecule has 4 heteroatoms. The third-order valence-electron chi connectivity index (χ3n) is 5.20. The molecule has 122 valence electrons. The number of likely N-dealkylation sites (tertiary alicyclic amines) is 1. The largest absolute Gasteiger partial charge is 0.339 e. The van der Waals surface area contributed by atoms with E-state index in [9.17, 15) is 4.79 Å². The maximum absolute atomic E-state index is 12.5. The monoisotopic (exact) mass is 322 g/mol. The van der Waals surface area contributed by atoms with Crippen LogP contribution >= 0.6 is 12.4 Å². The fourth-order valence-corrected chi connectivity index (χ4v) is 3.72. The molecule has 3 nitrogen and oxygen atoms in total. The minimum absolute atomic E-state index is 0. The van der Waals surface area contributed by atoms with Crippen LogP contribution in [0.15, 0.2) is 24.3 Å². The second-order valence-electron chi connectivity index (χ2n) is 6.43. The molecule has 2 saturated heterocycles. The molecule has 2 aliphatic heterocycles. The first-order valence-corrected chi connectivity index (χ1v) is 8.37. The summed E-state index contributed by atoms with van der Waals surface area (Å²) in [6.45, 7) is 6.34. The van der Waals surface area contributed by atoms with Gasteiger partial charge in [0.25, 0.3) is 5.91 Å². The van der Waals surface area contributed by atoms with Crippen molar-refractivity contribution in [2.75, 3.05) is 26.2 Å². The molecule has 1 N–H and O–H groups in total. The Kier molecular flexibility index (Phi) is 6.27. The van der Waals surface area contributed by atoms with Crippen LogP contribution < -0.4 is 5.32 Å². The Balaban J connectivity index is 0.00000176. The highest BCUT2D eigenvalue weighted by Crippen LogP contribution is 2.29. The Morgan fingerprint density at radius 2 is 1.82 bits per heavy atom. The van der Waals surface area contributed by atoms with Crippen LogP contribution in [-0.2, 0) is 6.42 Å². The van der Waals surface area contributed by atoms with Crippen molar-refractivity contribution in [3.8, 4) is 0 Å². The second kappa shape index (κ2) is 7.98. The molecule has 1 aromatic carbocycles. The quantitative estimate of drug-likeness (QED) is 0.927. The summed E-state index contributed by atoms with van der Waals surface area (Å²) < 4.78 is 0. The van der Waals surface area contributed by atoms with Crippen molar-refractivity contribution >= 4 is 18.3 Å².